The summed E-state index contributed by atoms with van der Waals surface area (Å²) in [5.41, 5.74) is 3.04. The van der Waals surface area contributed by atoms with Gasteiger partial charge in [0.15, 0.2) is 5.82 Å². The van der Waals surface area contributed by atoms with Crippen molar-refractivity contribution < 1.29 is 22.8 Å². The smallest absolute Gasteiger partial charge is 0.345 e. The second kappa shape index (κ2) is 12.8. The number of halogens is 3. The third-order valence-electron chi connectivity index (χ3n) is 8.02. The van der Waals surface area contributed by atoms with Crippen LogP contribution < -0.4 is 21.1 Å². The van der Waals surface area contributed by atoms with Gasteiger partial charge in [-0.2, -0.15) is 13.2 Å². The minimum atomic E-state index is -4.64. The van der Waals surface area contributed by atoms with Crippen molar-refractivity contribution in [3.63, 3.8) is 0 Å². The van der Waals surface area contributed by atoms with Crippen LogP contribution in [0.5, 0.6) is 0 Å². The summed E-state index contributed by atoms with van der Waals surface area (Å²) in [5.74, 6) is -1.04. The van der Waals surface area contributed by atoms with E-state index in [1.54, 1.807) is 58.4 Å². The van der Waals surface area contributed by atoms with Crippen LogP contribution in [0.1, 0.15) is 39.5 Å². The van der Waals surface area contributed by atoms with Gasteiger partial charge in [-0.15, -0.1) is 0 Å². The van der Waals surface area contributed by atoms with Crippen molar-refractivity contribution in [2.45, 2.75) is 39.0 Å². The maximum absolute atomic E-state index is 14.3. The number of amides is 2. The largest absolute Gasteiger partial charge is 0.416 e. The van der Waals surface area contributed by atoms with Gasteiger partial charge in [-0.1, -0.05) is 29.8 Å². The van der Waals surface area contributed by atoms with Crippen LogP contribution in [0.4, 0.5) is 30.4 Å². The molecule has 0 bridgehead atoms. The summed E-state index contributed by atoms with van der Waals surface area (Å²) in [7, 11) is 4.81. The number of anilines is 3. The molecule has 240 valence electrons. The molecule has 1 aromatic heterocycles. The molecule has 0 aliphatic carbocycles. The summed E-state index contributed by atoms with van der Waals surface area (Å²) in [6.07, 6.45) is -2.59. The van der Waals surface area contributed by atoms with E-state index >= 15 is 0 Å². The average molecular weight is 633 g/mol. The first kappa shape index (κ1) is 32.4. The Morgan fingerprint density at radius 2 is 1.83 bits per heavy atom. The van der Waals surface area contributed by atoms with Crippen LogP contribution in [0, 0.1) is 6.92 Å². The number of aryl methyl sites for hydroxylation is 1. The lowest BCUT2D eigenvalue weighted by atomic mass is 10.1. The van der Waals surface area contributed by atoms with Crippen LogP contribution in [-0.2, 0) is 23.9 Å². The molecule has 1 aliphatic heterocycles. The Kier molecular flexibility index (Phi) is 9.02. The molecule has 2 heterocycles. The number of nitrogens with one attached hydrogen (secondary N) is 2. The number of nitrogens with zero attached hydrogens (tertiary/aromatic N) is 4. The van der Waals surface area contributed by atoms with E-state index in [0.717, 1.165) is 28.9 Å². The van der Waals surface area contributed by atoms with Crippen LogP contribution in [-0.4, -0.2) is 60.0 Å². The molecule has 5 rings (SSSR count). The van der Waals surface area contributed by atoms with Gasteiger partial charge in [0, 0.05) is 43.1 Å². The number of aromatic nitrogens is 2. The van der Waals surface area contributed by atoms with Crippen molar-refractivity contribution in [1.29, 1.82) is 0 Å². The average Bonchev–Trinajstić information content (AvgIpc) is 3.44. The molecule has 2 N–H and O–H groups in total. The summed E-state index contributed by atoms with van der Waals surface area (Å²) < 4.78 is 44.1. The van der Waals surface area contributed by atoms with Gasteiger partial charge < -0.3 is 20.4 Å². The molecule has 0 saturated carbocycles. The van der Waals surface area contributed by atoms with Gasteiger partial charge in [0.1, 0.15) is 0 Å². The van der Waals surface area contributed by atoms with E-state index in [9.17, 15) is 27.6 Å². The number of benzene rings is 3. The summed E-state index contributed by atoms with van der Waals surface area (Å²) in [6, 6.07) is 15.6. The molecule has 0 fully saturated rings. The molecule has 1 atom stereocenters. The number of fused-ring (bicyclic) bond motifs is 1. The van der Waals surface area contributed by atoms with Crippen LogP contribution >= 0.6 is 0 Å². The molecule has 0 radical (unpaired) electrons. The Hall–Kier alpha value is -4.97. The molecule has 3 aromatic carbocycles. The van der Waals surface area contributed by atoms with E-state index < -0.39 is 29.2 Å². The van der Waals surface area contributed by atoms with Gasteiger partial charge in [-0.3, -0.25) is 19.0 Å². The highest BCUT2D eigenvalue weighted by molar-refractivity contribution is 5.95. The molecule has 12 heteroatoms. The van der Waals surface area contributed by atoms with Crippen molar-refractivity contribution in [2.75, 3.05) is 37.9 Å². The Morgan fingerprint density at radius 3 is 2.52 bits per heavy atom. The van der Waals surface area contributed by atoms with Crippen molar-refractivity contribution in [1.82, 2.24) is 19.8 Å². The summed E-state index contributed by atoms with van der Waals surface area (Å²) in [4.78, 5) is 46.8. The molecule has 4 aromatic rings. The summed E-state index contributed by atoms with van der Waals surface area (Å²) in [5, 5.41) is 5.31. The van der Waals surface area contributed by atoms with E-state index in [4.69, 9.17) is 0 Å². The van der Waals surface area contributed by atoms with E-state index in [0.29, 0.717) is 29.8 Å². The van der Waals surface area contributed by atoms with Gasteiger partial charge in [-0.25, -0.2) is 4.98 Å². The molecule has 1 aliphatic rings. The maximum Gasteiger partial charge on any atom is 0.416 e. The van der Waals surface area contributed by atoms with Crippen molar-refractivity contribution in [3.05, 3.63) is 105 Å². The van der Waals surface area contributed by atoms with Crippen LogP contribution in [0.15, 0.2) is 71.7 Å². The molecule has 9 nitrogen and oxygen atoms in total. The van der Waals surface area contributed by atoms with E-state index in [1.165, 1.54) is 15.7 Å². The summed E-state index contributed by atoms with van der Waals surface area (Å²) in [6.45, 7) is 3.82. The van der Waals surface area contributed by atoms with Crippen LogP contribution in [0.25, 0.3) is 11.3 Å². The number of alkyl halides is 3. The third-order valence-corrected chi connectivity index (χ3v) is 8.02. The normalized spacial score (nSPS) is 13.3. The highest BCUT2D eigenvalue weighted by Gasteiger charge is 2.33. The zero-order chi connectivity index (χ0) is 33.3. The first-order valence-electron chi connectivity index (χ1n) is 14.7. The van der Waals surface area contributed by atoms with Crippen LogP contribution in [0.3, 0.4) is 0 Å². The fourth-order valence-corrected chi connectivity index (χ4v) is 5.45. The number of hydrogen-bond donors (Lipinski definition) is 2. The topological polar surface area (TPSA) is 99.6 Å². The van der Waals surface area contributed by atoms with Crippen molar-refractivity contribution in [2.24, 2.45) is 0 Å². The number of rotatable bonds is 8. The molecule has 0 unspecified atom stereocenters. The van der Waals surface area contributed by atoms with Crippen molar-refractivity contribution >= 4 is 29.0 Å². The zero-order valence-electron chi connectivity index (χ0n) is 26.2. The van der Waals surface area contributed by atoms with Gasteiger partial charge in [0.25, 0.3) is 11.5 Å². The molecular formula is C34H35F3N6O3. The lowest BCUT2D eigenvalue weighted by molar-refractivity contribution is -0.137. The monoisotopic (exact) mass is 632 g/mol. The highest BCUT2D eigenvalue weighted by atomic mass is 19.4. The fourth-order valence-electron chi connectivity index (χ4n) is 5.45. The molecule has 0 spiro atoms. The highest BCUT2D eigenvalue weighted by Crippen LogP contribution is 2.39. The van der Waals surface area contributed by atoms with Crippen LogP contribution in [0.2, 0.25) is 0 Å². The van der Waals surface area contributed by atoms with Crippen molar-refractivity contribution in [3.8, 4) is 11.3 Å². The number of carbonyl (C=O) groups is 2. The van der Waals surface area contributed by atoms with Gasteiger partial charge in [0.05, 0.1) is 30.0 Å². The second-order valence-electron chi connectivity index (χ2n) is 11.6. The Labute approximate surface area is 264 Å². The Balaban J connectivity index is 1.65. The number of likely N-dealkylation sites (N-methyl/N-ethyl adjacent to an activating group) is 1. The van der Waals surface area contributed by atoms with E-state index in [-0.39, 0.29) is 29.5 Å². The number of carbonyl (C=O) groups excluding carboxylic acids is 2. The first-order chi connectivity index (χ1) is 21.8. The quantitative estimate of drug-likeness (QED) is 0.276. The van der Waals surface area contributed by atoms with Gasteiger partial charge >= 0.3 is 6.18 Å². The minimum Gasteiger partial charge on any atom is -0.345 e. The van der Waals surface area contributed by atoms with Gasteiger partial charge in [-0.05, 0) is 74.8 Å². The second-order valence-corrected chi connectivity index (χ2v) is 11.6. The zero-order valence-corrected chi connectivity index (χ0v) is 26.2. The fraction of sp³-hybridized carbons (Fsp3) is 0.294. The minimum absolute atomic E-state index is 0.223. The Morgan fingerprint density at radius 1 is 1.07 bits per heavy atom. The van der Waals surface area contributed by atoms with Gasteiger partial charge in [0.2, 0.25) is 5.91 Å². The predicted molar refractivity (Wildman–Crippen MR) is 172 cm³/mol. The lowest BCUT2D eigenvalue weighted by Crippen LogP contribution is -2.38. The number of hydrogen-bond acceptors (Lipinski definition) is 6. The first-order valence-corrected chi connectivity index (χ1v) is 14.7. The maximum atomic E-state index is 14.3. The molecule has 0 saturated heterocycles. The standard InChI is InChI=1S/C34H35F3N6O3/c1-20-9-10-28-24(13-20)11-12-42(28)27-15-22(14-26(17-27)34(35,36)37)19-43-29(23-7-6-8-25(16-23)32(45)41(4)5)18-39-30(33(43)46)40-31(44)21(2)38-3/h6-10,13-18,21,38H,11-12,19H2,1-5H3,(H,39,40,44)/t21-/m0/s1. The molecule has 46 heavy (non-hydrogen) atoms. The SMILES string of the molecule is CN[C@@H](C)C(=O)Nc1ncc(-c2cccc(C(=O)N(C)C)c2)n(Cc2cc(N3CCc4cc(C)ccc43)cc(C(F)(F)F)c2)c1=O. The lowest BCUT2D eigenvalue weighted by Gasteiger charge is -2.23. The molecule has 2 amide bonds. The predicted octanol–water partition coefficient (Wildman–Crippen LogP) is 5.23. The van der Waals surface area contributed by atoms with E-state index in [1.807, 2.05) is 30.0 Å². The third kappa shape index (κ3) is 6.66. The summed E-state index contributed by atoms with van der Waals surface area (Å²) >= 11 is 0. The Bertz CT molecular complexity index is 1870. The van der Waals surface area contributed by atoms with E-state index in [2.05, 4.69) is 15.6 Å². The molecular weight excluding hydrogens is 597 g/mol.